The van der Waals surface area contributed by atoms with Gasteiger partial charge in [0.2, 0.25) is 0 Å². The minimum absolute atomic E-state index is 0.0410. The molecular weight excluding hydrogens is 224 g/mol. The van der Waals surface area contributed by atoms with E-state index in [1.165, 1.54) is 18.2 Å². The van der Waals surface area contributed by atoms with E-state index in [1.807, 2.05) is 0 Å². The van der Waals surface area contributed by atoms with Gasteiger partial charge in [-0.2, -0.15) is 0 Å². The van der Waals surface area contributed by atoms with E-state index in [9.17, 15) is 13.9 Å². The second kappa shape index (κ2) is 5.10. The van der Waals surface area contributed by atoms with E-state index < -0.39 is 23.3 Å². The minimum atomic E-state index is -0.898. The Hall–Kier alpha value is -1.00. The minimum Gasteiger partial charge on any atom is -0.389 e. The van der Waals surface area contributed by atoms with Crippen molar-refractivity contribution in [2.45, 2.75) is 32.4 Å². The Kier molecular flexibility index (Phi) is 4.22. The molecule has 0 heterocycles. The first-order chi connectivity index (χ1) is 7.72. The van der Waals surface area contributed by atoms with Crippen molar-refractivity contribution >= 4 is 0 Å². The Balaban J connectivity index is 2.93. The maximum Gasteiger partial charge on any atom is 0.130 e. The van der Waals surface area contributed by atoms with Gasteiger partial charge in [0.05, 0.1) is 5.60 Å². The summed E-state index contributed by atoms with van der Waals surface area (Å²) in [6, 6.07) is 3.40. The molecule has 1 aromatic rings. The van der Waals surface area contributed by atoms with E-state index in [0.717, 1.165) is 0 Å². The number of hydrogen-bond acceptors (Lipinski definition) is 2. The molecule has 1 unspecified atom stereocenters. The van der Waals surface area contributed by atoms with Crippen LogP contribution in [0.25, 0.3) is 0 Å². The summed E-state index contributed by atoms with van der Waals surface area (Å²) < 4.78 is 27.1. The Bertz CT molecular complexity index is 367. The maximum absolute atomic E-state index is 13.6. The quantitative estimate of drug-likeness (QED) is 0.879. The molecule has 96 valence electrons. The molecule has 0 saturated carbocycles. The molecule has 0 aliphatic heterocycles. The van der Waals surface area contributed by atoms with E-state index in [1.54, 1.807) is 32.7 Å². The number of benzene rings is 1. The van der Waals surface area contributed by atoms with Gasteiger partial charge < -0.3 is 5.11 Å². The van der Waals surface area contributed by atoms with Crippen molar-refractivity contribution in [1.82, 2.24) is 4.90 Å². The van der Waals surface area contributed by atoms with Crippen LogP contribution in [0, 0.1) is 11.6 Å². The van der Waals surface area contributed by atoms with Crippen LogP contribution in [0.3, 0.4) is 0 Å². The molecule has 0 fully saturated rings. The third kappa shape index (κ3) is 3.75. The van der Waals surface area contributed by atoms with E-state index in [-0.39, 0.29) is 5.56 Å². The number of nitrogens with zero attached hydrogens (tertiary/aromatic N) is 1. The summed E-state index contributed by atoms with van der Waals surface area (Å²) >= 11 is 0. The zero-order valence-electron chi connectivity index (χ0n) is 10.7. The van der Waals surface area contributed by atoms with Crippen molar-refractivity contribution in [2.24, 2.45) is 0 Å². The van der Waals surface area contributed by atoms with Crippen LogP contribution in [0.15, 0.2) is 18.2 Å². The van der Waals surface area contributed by atoms with Gasteiger partial charge in [0.15, 0.2) is 0 Å². The molecule has 1 N–H and O–H groups in total. The third-order valence-corrected chi connectivity index (χ3v) is 2.71. The number of halogens is 2. The maximum atomic E-state index is 13.6. The van der Waals surface area contributed by atoms with E-state index in [0.29, 0.717) is 6.54 Å². The molecular formula is C13H19F2NO. The standard InChI is InChI=1S/C13H19F2NO/c1-9(16(4)8-13(2,3)17)12-10(14)6-5-7-11(12)15/h5-7,9,17H,8H2,1-4H3. The normalized spacial score (nSPS) is 14.1. The predicted octanol–water partition coefficient (Wildman–Crippen LogP) is 2.73. The zero-order valence-corrected chi connectivity index (χ0v) is 10.7. The second-order valence-electron chi connectivity index (χ2n) is 5.04. The van der Waals surface area contributed by atoms with Crippen molar-refractivity contribution < 1.29 is 13.9 Å². The lowest BCUT2D eigenvalue weighted by Gasteiger charge is -2.31. The molecule has 1 rings (SSSR count). The van der Waals surface area contributed by atoms with E-state index >= 15 is 0 Å². The van der Waals surface area contributed by atoms with Gasteiger partial charge in [-0.1, -0.05) is 6.07 Å². The molecule has 17 heavy (non-hydrogen) atoms. The molecule has 0 spiro atoms. The molecule has 0 aromatic heterocycles. The highest BCUT2D eigenvalue weighted by atomic mass is 19.1. The average molecular weight is 243 g/mol. The molecule has 0 radical (unpaired) electrons. The molecule has 0 amide bonds. The number of likely N-dealkylation sites (N-methyl/N-ethyl adjacent to an activating group) is 1. The highest BCUT2D eigenvalue weighted by Crippen LogP contribution is 2.25. The lowest BCUT2D eigenvalue weighted by atomic mass is 10.0. The Morgan fingerprint density at radius 3 is 2.18 bits per heavy atom. The first-order valence-electron chi connectivity index (χ1n) is 5.59. The summed E-state index contributed by atoms with van der Waals surface area (Å²) in [5.74, 6) is -1.11. The van der Waals surface area contributed by atoms with Gasteiger partial charge in [0.1, 0.15) is 11.6 Å². The van der Waals surface area contributed by atoms with Gasteiger partial charge in [-0.05, 0) is 40.0 Å². The largest absolute Gasteiger partial charge is 0.389 e. The summed E-state index contributed by atoms with van der Waals surface area (Å²) in [6.45, 7) is 5.37. The molecule has 0 aliphatic rings. The lowest BCUT2D eigenvalue weighted by Crippen LogP contribution is -2.38. The van der Waals surface area contributed by atoms with Crippen molar-refractivity contribution in [3.05, 3.63) is 35.4 Å². The van der Waals surface area contributed by atoms with Crippen LogP contribution in [0.2, 0.25) is 0 Å². The molecule has 0 bridgehead atoms. The van der Waals surface area contributed by atoms with Crippen LogP contribution in [0.4, 0.5) is 8.78 Å². The SMILES string of the molecule is CC(c1c(F)cccc1F)N(C)CC(C)(C)O. The van der Waals surface area contributed by atoms with Crippen molar-refractivity contribution in [1.29, 1.82) is 0 Å². The van der Waals surface area contributed by atoms with Crippen LogP contribution in [-0.2, 0) is 0 Å². The summed E-state index contributed by atoms with van der Waals surface area (Å²) in [7, 11) is 1.73. The first kappa shape index (κ1) is 14.1. The smallest absolute Gasteiger partial charge is 0.130 e. The van der Waals surface area contributed by atoms with Gasteiger partial charge in [0.25, 0.3) is 0 Å². The molecule has 2 nitrogen and oxygen atoms in total. The van der Waals surface area contributed by atoms with Crippen LogP contribution in [0.1, 0.15) is 32.4 Å². The number of hydrogen-bond donors (Lipinski definition) is 1. The molecule has 0 saturated heterocycles. The monoisotopic (exact) mass is 243 g/mol. The Morgan fingerprint density at radius 2 is 1.76 bits per heavy atom. The fourth-order valence-electron chi connectivity index (χ4n) is 1.88. The van der Waals surface area contributed by atoms with Crippen LogP contribution in [0.5, 0.6) is 0 Å². The van der Waals surface area contributed by atoms with Crippen molar-refractivity contribution in [2.75, 3.05) is 13.6 Å². The van der Waals surface area contributed by atoms with Gasteiger partial charge in [0, 0.05) is 18.2 Å². The van der Waals surface area contributed by atoms with Gasteiger partial charge in [-0.3, -0.25) is 4.90 Å². The average Bonchev–Trinajstić information content (AvgIpc) is 2.14. The number of rotatable bonds is 4. The van der Waals surface area contributed by atoms with Gasteiger partial charge >= 0.3 is 0 Å². The molecule has 1 aromatic carbocycles. The van der Waals surface area contributed by atoms with Crippen LogP contribution in [-0.4, -0.2) is 29.2 Å². The number of aliphatic hydroxyl groups is 1. The summed E-state index contributed by atoms with van der Waals surface area (Å²) in [4.78, 5) is 1.72. The Morgan fingerprint density at radius 1 is 1.29 bits per heavy atom. The van der Waals surface area contributed by atoms with Crippen molar-refractivity contribution in [3.8, 4) is 0 Å². The first-order valence-corrected chi connectivity index (χ1v) is 5.59. The highest BCUT2D eigenvalue weighted by molar-refractivity contribution is 5.22. The van der Waals surface area contributed by atoms with E-state index in [4.69, 9.17) is 0 Å². The Labute approximate surface area is 101 Å². The summed E-state index contributed by atoms with van der Waals surface area (Å²) in [6.07, 6.45) is 0. The zero-order chi connectivity index (χ0) is 13.2. The highest BCUT2D eigenvalue weighted by Gasteiger charge is 2.24. The molecule has 4 heteroatoms. The fourth-order valence-corrected chi connectivity index (χ4v) is 1.88. The predicted molar refractivity (Wildman–Crippen MR) is 63.7 cm³/mol. The summed E-state index contributed by atoms with van der Waals surface area (Å²) in [5.41, 5.74) is -0.857. The summed E-state index contributed by atoms with van der Waals surface area (Å²) in [5, 5.41) is 9.69. The van der Waals surface area contributed by atoms with Crippen molar-refractivity contribution in [3.63, 3.8) is 0 Å². The van der Waals surface area contributed by atoms with Gasteiger partial charge in [-0.25, -0.2) is 8.78 Å². The van der Waals surface area contributed by atoms with Crippen LogP contribution < -0.4 is 0 Å². The lowest BCUT2D eigenvalue weighted by molar-refractivity contribution is 0.0324. The topological polar surface area (TPSA) is 23.5 Å². The fraction of sp³-hybridized carbons (Fsp3) is 0.538. The molecule has 1 atom stereocenters. The van der Waals surface area contributed by atoms with E-state index in [2.05, 4.69) is 0 Å². The third-order valence-electron chi connectivity index (χ3n) is 2.71. The molecule has 0 aliphatic carbocycles. The van der Waals surface area contributed by atoms with Crippen LogP contribution >= 0.6 is 0 Å². The second-order valence-corrected chi connectivity index (χ2v) is 5.04. The van der Waals surface area contributed by atoms with Gasteiger partial charge in [-0.15, -0.1) is 0 Å².